The highest BCUT2D eigenvalue weighted by atomic mass is 19.1. The van der Waals surface area contributed by atoms with Gasteiger partial charge in [0.15, 0.2) is 0 Å². The van der Waals surface area contributed by atoms with Gasteiger partial charge in [0.2, 0.25) is 6.08 Å². The van der Waals surface area contributed by atoms with Crippen molar-refractivity contribution in [1.82, 2.24) is 0 Å². The zero-order valence-electron chi connectivity index (χ0n) is 6.87. The van der Waals surface area contributed by atoms with E-state index in [2.05, 4.69) is 4.99 Å². The van der Waals surface area contributed by atoms with E-state index in [4.69, 9.17) is 0 Å². The summed E-state index contributed by atoms with van der Waals surface area (Å²) in [6, 6.07) is 3.72. The Kier molecular flexibility index (Phi) is 2.67. The third-order valence-corrected chi connectivity index (χ3v) is 1.58. The third kappa shape index (κ3) is 2.07. The highest BCUT2D eigenvalue weighted by Gasteiger charge is 2.08. The summed E-state index contributed by atoms with van der Waals surface area (Å²) in [5.74, 6) is -1.30. The lowest BCUT2D eigenvalue weighted by Gasteiger charge is -1.98. The van der Waals surface area contributed by atoms with Gasteiger partial charge >= 0.3 is 0 Å². The minimum atomic E-state index is -0.771. The van der Waals surface area contributed by atoms with E-state index in [9.17, 15) is 14.0 Å². The number of halogens is 1. The molecule has 0 N–H and O–H groups in total. The quantitative estimate of drug-likeness (QED) is 0.485. The fraction of sp³-hybridized carbons (Fsp3) is 0.111. The molecule has 0 bridgehead atoms. The number of nitrogens with zero attached hydrogens (tertiary/aromatic N) is 1. The van der Waals surface area contributed by atoms with Crippen LogP contribution in [-0.4, -0.2) is 12.0 Å². The molecule has 1 rings (SSSR count). The van der Waals surface area contributed by atoms with Gasteiger partial charge in [-0.2, -0.15) is 0 Å². The maximum atomic E-state index is 12.7. The van der Waals surface area contributed by atoms with Gasteiger partial charge < -0.3 is 0 Å². The van der Waals surface area contributed by atoms with Crippen molar-refractivity contribution in [3.8, 4) is 0 Å². The highest BCUT2D eigenvalue weighted by molar-refractivity contribution is 5.98. The van der Waals surface area contributed by atoms with Crippen LogP contribution in [0.1, 0.15) is 15.9 Å². The number of isocyanates is 1. The van der Waals surface area contributed by atoms with Crippen LogP contribution < -0.4 is 0 Å². The van der Waals surface area contributed by atoms with Gasteiger partial charge in [0.05, 0.1) is 0 Å². The first-order chi connectivity index (χ1) is 6.15. The SMILES string of the molecule is Cc1ccc(F)cc1C(=O)N=C=O. The van der Waals surface area contributed by atoms with Crippen molar-refractivity contribution in [3.63, 3.8) is 0 Å². The number of rotatable bonds is 1. The van der Waals surface area contributed by atoms with E-state index >= 15 is 0 Å². The van der Waals surface area contributed by atoms with Crippen molar-refractivity contribution in [2.45, 2.75) is 6.92 Å². The lowest BCUT2D eigenvalue weighted by Crippen LogP contribution is -1.98. The van der Waals surface area contributed by atoms with E-state index in [1.807, 2.05) is 0 Å². The summed E-state index contributed by atoms with van der Waals surface area (Å²) in [4.78, 5) is 23.7. The first-order valence-electron chi connectivity index (χ1n) is 3.53. The molecule has 0 aromatic heterocycles. The Morgan fingerprint density at radius 1 is 1.54 bits per heavy atom. The van der Waals surface area contributed by atoms with E-state index in [1.54, 1.807) is 6.92 Å². The maximum Gasteiger partial charge on any atom is 0.288 e. The minimum Gasteiger partial charge on any atom is -0.266 e. The Balaban J connectivity index is 3.20. The van der Waals surface area contributed by atoms with Crippen LogP contribution in [-0.2, 0) is 4.79 Å². The summed E-state index contributed by atoms with van der Waals surface area (Å²) in [7, 11) is 0. The maximum absolute atomic E-state index is 12.7. The van der Waals surface area contributed by atoms with Gasteiger partial charge in [0.1, 0.15) is 5.82 Å². The monoisotopic (exact) mass is 179 g/mol. The van der Waals surface area contributed by atoms with E-state index in [1.165, 1.54) is 12.1 Å². The van der Waals surface area contributed by atoms with Crippen LogP contribution in [0.25, 0.3) is 0 Å². The molecule has 0 spiro atoms. The molecule has 0 heterocycles. The summed E-state index contributed by atoms with van der Waals surface area (Å²) in [6.07, 6.45) is 1.12. The predicted molar refractivity (Wildman–Crippen MR) is 43.6 cm³/mol. The summed E-state index contributed by atoms with van der Waals surface area (Å²) in [5.41, 5.74) is 0.661. The molecule has 66 valence electrons. The number of hydrogen-bond acceptors (Lipinski definition) is 2. The third-order valence-electron chi connectivity index (χ3n) is 1.58. The first-order valence-corrected chi connectivity index (χ1v) is 3.53. The zero-order valence-corrected chi connectivity index (χ0v) is 6.87. The Bertz CT molecular complexity index is 395. The molecule has 0 saturated carbocycles. The molecule has 0 fully saturated rings. The molecule has 0 aliphatic rings. The summed E-state index contributed by atoms with van der Waals surface area (Å²) in [6.45, 7) is 1.63. The molecule has 3 nitrogen and oxygen atoms in total. The second-order valence-corrected chi connectivity index (χ2v) is 2.47. The second-order valence-electron chi connectivity index (χ2n) is 2.47. The van der Waals surface area contributed by atoms with Crippen LogP contribution in [0.3, 0.4) is 0 Å². The van der Waals surface area contributed by atoms with E-state index in [0.717, 1.165) is 12.1 Å². The van der Waals surface area contributed by atoms with E-state index < -0.39 is 11.7 Å². The van der Waals surface area contributed by atoms with Gasteiger partial charge in [-0.1, -0.05) is 6.07 Å². The number of aryl methyl sites for hydroxylation is 1. The van der Waals surface area contributed by atoms with Gasteiger partial charge in [-0.25, -0.2) is 9.18 Å². The predicted octanol–water partition coefficient (Wildman–Crippen LogP) is 1.61. The topological polar surface area (TPSA) is 46.5 Å². The Labute approximate surface area is 73.9 Å². The molecule has 1 aromatic carbocycles. The van der Waals surface area contributed by atoms with Gasteiger partial charge in [-0.05, 0) is 24.6 Å². The molecule has 0 aliphatic carbocycles. The lowest BCUT2D eigenvalue weighted by atomic mass is 10.1. The number of benzene rings is 1. The van der Waals surface area contributed by atoms with E-state index in [0.29, 0.717) is 5.56 Å². The van der Waals surface area contributed by atoms with E-state index in [-0.39, 0.29) is 5.56 Å². The highest BCUT2D eigenvalue weighted by Crippen LogP contribution is 2.10. The molecule has 1 aromatic rings. The van der Waals surface area contributed by atoms with Crippen LogP contribution in [0.2, 0.25) is 0 Å². The average Bonchev–Trinajstić information content (AvgIpc) is 2.09. The molecule has 4 heteroatoms. The molecule has 13 heavy (non-hydrogen) atoms. The van der Waals surface area contributed by atoms with Crippen molar-refractivity contribution in [3.05, 3.63) is 35.1 Å². The summed E-state index contributed by atoms with van der Waals surface area (Å²) >= 11 is 0. The number of amides is 1. The van der Waals surface area contributed by atoms with Crippen LogP contribution in [0.15, 0.2) is 23.2 Å². The lowest BCUT2D eigenvalue weighted by molar-refractivity contribution is 0.100. The molecule has 0 radical (unpaired) electrons. The number of hydrogen-bond donors (Lipinski definition) is 0. The van der Waals surface area contributed by atoms with Gasteiger partial charge in [-0.15, -0.1) is 4.99 Å². The zero-order chi connectivity index (χ0) is 9.84. The molecule has 0 unspecified atom stereocenters. The molecule has 0 saturated heterocycles. The first kappa shape index (κ1) is 9.29. The van der Waals surface area contributed by atoms with Crippen LogP contribution in [0, 0.1) is 12.7 Å². The molecule has 0 aliphatic heterocycles. The Morgan fingerprint density at radius 2 is 2.23 bits per heavy atom. The van der Waals surface area contributed by atoms with Crippen molar-refractivity contribution >= 4 is 12.0 Å². The fourth-order valence-corrected chi connectivity index (χ4v) is 0.926. The van der Waals surface area contributed by atoms with Crippen molar-refractivity contribution in [1.29, 1.82) is 0 Å². The Morgan fingerprint density at radius 3 is 2.85 bits per heavy atom. The number of aliphatic imine (C=N–C) groups is 1. The smallest absolute Gasteiger partial charge is 0.266 e. The van der Waals surface area contributed by atoms with Gasteiger partial charge in [0.25, 0.3) is 5.91 Å². The number of carbonyl (C=O) groups excluding carboxylic acids is 2. The van der Waals surface area contributed by atoms with Gasteiger partial charge in [0, 0.05) is 5.56 Å². The number of carbonyl (C=O) groups is 1. The average molecular weight is 179 g/mol. The summed E-state index contributed by atoms with van der Waals surface area (Å²) < 4.78 is 12.7. The Hall–Kier alpha value is -1.80. The fourth-order valence-electron chi connectivity index (χ4n) is 0.926. The van der Waals surface area contributed by atoms with Crippen molar-refractivity contribution < 1.29 is 14.0 Å². The minimum absolute atomic E-state index is 0.0864. The normalized spacial score (nSPS) is 9.08. The standard InChI is InChI=1S/C9H6FNO2/c1-6-2-3-7(10)4-8(6)9(13)11-5-12/h2-4H,1H3. The van der Waals surface area contributed by atoms with Crippen LogP contribution in [0.5, 0.6) is 0 Å². The van der Waals surface area contributed by atoms with Crippen molar-refractivity contribution in [2.24, 2.45) is 4.99 Å². The molecular formula is C9H6FNO2. The molecule has 1 amide bonds. The largest absolute Gasteiger partial charge is 0.288 e. The summed E-state index contributed by atoms with van der Waals surface area (Å²) in [5, 5.41) is 0. The molecular weight excluding hydrogens is 173 g/mol. The molecule has 0 atom stereocenters. The van der Waals surface area contributed by atoms with Crippen LogP contribution >= 0.6 is 0 Å². The van der Waals surface area contributed by atoms with Crippen molar-refractivity contribution in [2.75, 3.05) is 0 Å². The van der Waals surface area contributed by atoms with Gasteiger partial charge in [-0.3, -0.25) is 4.79 Å². The second kappa shape index (κ2) is 3.74. The van der Waals surface area contributed by atoms with Crippen LogP contribution in [0.4, 0.5) is 4.39 Å².